The summed E-state index contributed by atoms with van der Waals surface area (Å²) in [5, 5.41) is 8.65. The van der Waals surface area contributed by atoms with Crippen LogP contribution in [0.3, 0.4) is 0 Å². The van der Waals surface area contributed by atoms with E-state index in [0.29, 0.717) is 5.69 Å². The Morgan fingerprint density at radius 3 is 2.94 bits per heavy atom. The molecule has 18 heavy (non-hydrogen) atoms. The smallest absolute Gasteiger partial charge is 0.261 e. The van der Waals surface area contributed by atoms with Crippen LogP contribution in [-0.2, 0) is 0 Å². The summed E-state index contributed by atoms with van der Waals surface area (Å²) in [6.45, 7) is 0. The lowest BCUT2D eigenvalue weighted by atomic mass is 10.2. The van der Waals surface area contributed by atoms with E-state index < -0.39 is 11.7 Å². The molecule has 0 fully saturated rings. The van der Waals surface area contributed by atoms with Crippen LogP contribution >= 0.6 is 0 Å². The number of rotatable bonds is 3. The molecule has 1 aromatic heterocycles. The van der Waals surface area contributed by atoms with Gasteiger partial charge in [0.1, 0.15) is 22.9 Å². The molecule has 0 aliphatic carbocycles. The van der Waals surface area contributed by atoms with Gasteiger partial charge in [0, 0.05) is 6.07 Å². The molecule has 0 saturated heterocycles. The van der Waals surface area contributed by atoms with E-state index >= 15 is 0 Å². The van der Waals surface area contributed by atoms with Gasteiger partial charge in [0.15, 0.2) is 0 Å². The largest absolute Gasteiger partial charge is 0.494 e. The predicted molar refractivity (Wildman–Crippen MR) is 63.9 cm³/mol. The third-order valence-electron chi connectivity index (χ3n) is 2.33. The Kier molecular flexibility index (Phi) is 3.13. The number of ether oxygens (including phenoxy) is 1. The number of nitrogens with two attached hydrogens (primary N) is 1. The van der Waals surface area contributed by atoms with Gasteiger partial charge in [-0.2, -0.15) is 5.10 Å². The van der Waals surface area contributed by atoms with E-state index in [4.69, 9.17) is 10.5 Å². The van der Waals surface area contributed by atoms with Crippen LogP contribution in [0, 0.1) is 5.82 Å². The fraction of sp³-hybridized carbons (Fsp3) is 0.0909. The van der Waals surface area contributed by atoms with Crippen molar-refractivity contribution in [2.75, 3.05) is 18.2 Å². The molecule has 7 heteroatoms. The highest BCUT2D eigenvalue weighted by molar-refractivity contribution is 6.07. The van der Waals surface area contributed by atoms with Crippen molar-refractivity contribution in [1.29, 1.82) is 0 Å². The second-order valence-corrected chi connectivity index (χ2v) is 3.50. The lowest BCUT2D eigenvalue weighted by Gasteiger charge is -2.09. The van der Waals surface area contributed by atoms with Gasteiger partial charge in [-0.25, -0.2) is 4.39 Å². The van der Waals surface area contributed by atoms with Crippen molar-refractivity contribution in [1.82, 2.24) is 10.2 Å². The standard InChI is InChI=1S/C11H11FN4O2/c1-18-9-4-6(12)2-3-8(9)15-11(17)7-5-14-16-10(7)13/h2-5H,1H3,(H,15,17)(H3,13,14,16). The Morgan fingerprint density at radius 1 is 1.56 bits per heavy atom. The molecule has 0 bridgehead atoms. The van der Waals surface area contributed by atoms with Gasteiger partial charge in [-0.15, -0.1) is 0 Å². The first kappa shape index (κ1) is 11.9. The van der Waals surface area contributed by atoms with Crippen LogP contribution in [0.4, 0.5) is 15.9 Å². The monoisotopic (exact) mass is 250 g/mol. The fourth-order valence-electron chi connectivity index (χ4n) is 1.44. The number of carbonyl (C=O) groups is 1. The summed E-state index contributed by atoms with van der Waals surface area (Å²) in [5.41, 5.74) is 6.08. The van der Waals surface area contributed by atoms with Gasteiger partial charge >= 0.3 is 0 Å². The number of benzene rings is 1. The van der Waals surface area contributed by atoms with E-state index in [0.717, 1.165) is 0 Å². The van der Waals surface area contributed by atoms with Crippen LogP contribution < -0.4 is 15.8 Å². The molecule has 6 nitrogen and oxygen atoms in total. The third kappa shape index (κ3) is 2.24. The molecule has 0 radical (unpaired) electrons. The normalized spacial score (nSPS) is 10.1. The zero-order valence-corrected chi connectivity index (χ0v) is 9.53. The Balaban J connectivity index is 2.24. The van der Waals surface area contributed by atoms with Crippen molar-refractivity contribution >= 4 is 17.4 Å². The lowest BCUT2D eigenvalue weighted by Crippen LogP contribution is -2.13. The molecule has 4 N–H and O–H groups in total. The van der Waals surface area contributed by atoms with Gasteiger partial charge in [0.25, 0.3) is 5.91 Å². The second-order valence-electron chi connectivity index (χ2n) is 3.50. The molecule has 1 amide bonds. The van der Waals surface area contributed by atoms with Gasteiger partial charge in [-0.05, 0) is 12.1 Å². The number of carbonyl (C=O) groups excluding carboxylic acids is 1. The Labute approximate surface area is 102 Å². The molecule has 0 unspecified atom stereocenters. The van der Waals surface area contributed by atoms with Crippen molar-refractivity contribution in [3.05, 3.63) is 35.8 Å². The molecule has 1 heterocycles. The maximum Gasteiger partial charge on any atom is 0.261 e. The second kappa shape index (κ2) is 4.74. The summed E-state index contributed by atoms with van der Waals surface area (Å²) in [6.07, 6.45) is 1.31. The Bertz CT molecular complexity index is 582. The molecular weight excluding hydrogens is 239 g/mol. The number of hydrogen-bond donors (Lipinski definition) is 3. The minimum Gasteiger partial charge on any atom is -0.494 e. The van der Waals surface area contributed by atoms with Gasteiger partial charge in [-0.3, -0.25) is 9.89 Å². The van der Waals surface area contributed by atoms with E-state index in [9.17, 15) is 9.18 Å². The van der Waals surface area contributed by atoms with Gasteiger partial charge in [0.05, 0.1) is 19.0 Å². The first-order valence-electron chi connectivity index (χ1n) is 5.05. The van der Waals surface area contributed by atoms with E-state index in [1.165, 1.54) is 31.5 Å². The van der Waals surface area contributed by atoms with Gasteiger partial charge in [0.2, 0.25) is 0 Å². The highest BCUT2D eigenvalue weighted by Crippen LogP contribution is 2.25. The lowest BCUT2D eigenvalue weighted by molar-refractivity contribution is 0.102. The van der Waals surface area contributed by atoms with Crippen molar-refractivity contribution < 1.29 is 13.9 Å². The molecule has 2 rings (SSSR count). The average Bonchev–Trinajstić information content (AvgIpc) is 2.77. The molecular formula is C11H11FN4O2. The average molecular weight is 250 g/mol. The summed E-state index contributed by atoms with van der Waals surface area (Å²) in [5.74, 6) is -0.516. The number of aromatic amines is 1. The van der Waals surface area contributed by atoms with Crippen LogP contribution in [0.5, 0.6) is 5.75 Å². The fourth-order valence-corrected chi connectivity index (χ4v) is 1.44. The summed E-state index contributed by atoms with van der Waals surface area (Å²) in [6, 6.07) is 3.80. The van der Waals surface area contributed by atoms with Crippen molar-refractivity contribution in [3.8, 4) is 5.75 Å². The van der Waals surface area contributed by atoms with Crippen LogP contribution in [0.25, 0.3) is 0 Å². The minimum atomic E-state index is -0.453. The highest BCUT2D eigenvalue weighted by atomic mass is 19.1. The number of methoxy groups -OCH3 is 1. The molecule has 2 aromatic rings. The number of aromatic nitrogens is 2. The number of nitrogens with zero attached hydrogens (tertiary/aromatic N) is 1. The van der Waals surface area contributed by atoms with E-state index in [1.807, 2.05) is 0 Å². The summed E-state index contributed by atoms with van der Waals surface area (Å²) in [4.78, 5) is 11.8. The Hall–Kier alpha value is -2.57. The number of anilines is 2. The van der Waals surface area contributed by atoms with Crippen molar-refractivity contribution in [3.63, 3.8) is 0 Å². The molecule has 94 valence electrons. The number of amides is 1. The van der Waals surface area contributed by atoms with E-state index in [-0.39, 0.29) is 17.1 Å². The van der Waals surface area contributed by atoms with Crippen LogP contribution in [-0.4, -0.2) is 23.2 Å². The van der Waals surface area contributed by atoms with Crippen molar-refractivity contribution in [2.24, 2.45) is 0 Å². The third-order valence-corrected chi connectivity index (χ3v) is 2.33. The summed E-state index contributed by atoms with van der Waals surface area (Å²) < 4.78 is 17.9. The van der Waals surface area contributed by atoms with E-state index in [2.05, 4.69) is 15.5 Å². The first-order valence-corrected chi connectivity index (χ1v) is 5.05. The van der Waals surface area contributed by atoms with Gasteiger partial charge < -0.3 is 15.8 Å². The topological polar surface area (TPSA) is 93.0 Å². The van der Waals surface area contributed by atoms with Crippen LogP contribution in [0.2, 0.25) is 0 Å². The molecule has 0 saturated carbocycles. The SMILES string of the molecule is COc1cc(F)ccc1NC(=O)c1cn[nH]c1N. The zero-order valence-electron chi connectivity index (χ0n) is 9.53. The number of halogens is 1. The Morgan fingerprint density at radius 2 is 2.33 bits per heavy atom. The van der Waals surface area contributed by atoms with E-state index in [1.54, 1.807) is 0 Å². The number of nitrogens with one attached hydrogen (secondary N) is 2. The molecule has 0 spiro atoms. The maximum absolute atomic E-state index is 13.0. The minimum absolute atomic E-state index is 0.161. The number of nitrogen functional groups attached to an aromatic ring is 1. The number of hydrogen-bond acceptors (Lipinski definition) is 4. The van der Waals surface area contributed by atoms with Crippen LogP contribution in [0.15, 0.2) is 24.4 Å². The first-order chi connectivity index (χ1) is 8.61. The predicted octanol–water partition coefficient (Wildman–Crippen LogP) is 1.39. The summed E-state index contributed by atoms with van der Waals surface area (Å²) >= 11 is 0. The summed E-state index contributed by atoms with van der Waals surface area (Å²) in [7, 11) is 1.39. The highest BCUT2D eigenvalue weighted by Gasteiger charge is 2.14. The molecule has 0 atom stereocenters. The quantitative estimate of drug-likeness (QED) is 0.767. The number of H-pyrrole nitrogens is 1. The molecule has 0 aliphatic heterocycles. The van der Waals surface area contributed by atoms with Crippen molar-refractivity contribution in [2.45, 2.75) is 0 Å². The van der Waals surface area contributed by atoms with Crippen LogP contribution in [0.1, 0.15) is 10.4 Å². The molecule has 1 aromatic carbocycles. The maximum atomic E-state index is 13.0. The van der Waals surface area contributed by atoms with Gasteiger partial charge in [-0.1, -0.05) is 0 Å². The molecule has 0 aliphatic rings. The zero-order chi connectivity index (χ0) is 13.1.